The van der Waals surface area contributed by atoms with Gasteiger partial charge in [0.15, 0.2) is 5.96 Å². The van der Waals surface area contributed by atoms with Gasteiger partial charge in [-0.05, 0) is 30.3 Å². The second-order valence-corrected chi connectivity index (χ2v) is 6.15. The number of nitrogens with one attached hydrogen (secondary N) is 2. The number of rotatable bonds is 6. The number of hydrogen-bond donors (Lipinski definition) is 2. The number of nitrogens with zero attached hydrogens (tertiary/aromatic N) is 3. The summed E-state index contributed by atoms with van der Waals surface area (Å²) < 4.78 is 18.9. The fourth-order valence-electron chi connectivity index (χ4n) is 2.40. The van der Waals surface area contributed by atoms with Crippen molar-refractivity contribution >= 4 is 41.5 Å². The second kappa shape index (κ2) is 11.0. The molecule has 0 aliphatic heterocycles. The zero-order chi connectivity index (χ0) is 19.1. The molecule has 3 aromatic rings. The van der Waals surface area contributed by atoms with E-state index in [1.54, 1.807) is 37.4 Å². The molecule has 6 nitrogen and oxygen atoms in total. The van der Waals surface area contributed by atoms with Crippen molar-refractivity contribution < 1.29 is 8.91 Å². The molecule has 1 aromatic heterocycles. The Hall–Kier alpha value is -2.20. The van der Waals surface area contributed by atoms with Gasteiger partial charge in [0.05, 0.1) is 0 Å². The third-order valence-corrected chi connectivity index (χ3v) is 4.08. The highest BCUT2D eigenvalue weighted by Crippen LogP contribution is 2.18. The predicted molar refractivity (Wildman–Crippen MR) is 118 cm³/mol. The molecule has 148 valence electrons. The number of aromatic nitrogens is 2. The Bertz CT molecular complexity index is 917. The zero-order valence-corrected chi connectivity index (χ0v) is 18.2. The first kappa shape index (κ1) is 22.1. The van der Waals surface area contributed by atoms with Crippen molar-refractivity contribution in [2.75, 3.05) is 13.6 Å². The van der Waals surface area contributed by atoms with E-state index in [9.17, 15) is 4.39 Å². The molecule has 2 aromatic carbocycles. The molecule has 0 unspecified atom stereocenters. The Labute approximate surface area is 184 Å². The van der Waals surface area contributed by atoms with Gasteiger partial charge in [0, 0.05) is 42.7 Å². The predicted octanol–water partition coefficient (Wildman–Crippen LogP) is 4.05. The van der Waals surface area contributed by atoms with Crippen molar-refractivity contribution in [3.8, 4) is 11.4 Å². The number of hydrogen-bond acceptors (Lipinski definition) is 4. The quantitative estimate of drug-likeness (QED) is 0.294. The molecular formula is C19H20ClFIN5O. The number of aliphatic imine (C=N–C) groups is 1. The number of guanidine groups is 1. The summed E-state index contributed by atoms with van der Waals surface area (Å²) in [5.41, 5.74) is 1.41. The van der Waals surface area contributed by atoms with E-state index >= 15 is 0 Å². The van der Waals surface area contributed by atoms with Crippen molar-refractivity contribution in [2.24, 2.45) is 4.99 Å². The van der Waals surface area contributed by atoms with Crippen LogP contribution in [0, 0.1) is 5.82 Å². The third kappa shape index (κ3) is 6.16. The first-order valence-corrected chi connectivity index (χ1v) is 8.80. The van der Waals surface area contributed by atoms with E-state index in [-0.39, 0.29) is 29.8 Å². The lowest BCUT2D eigenvalue weighted by Gasteiger charge is -2.11. The highest BCUT2D eigenvalue weighted by atomic mass is 127. The van der Waals surface area contributed by atoms with Gasteiger partial charge < -0.3 is 15.2 Å². The summed E-state index contributed by atoms with van der Waals surface area (Å²) in [7, 11) is 1.65. The molecule has 0 amide bonds. The molecule has 1 heterocycles. The SMILES string of the molecule is CN=C(NCCc1nc(-c2ccc(Cl)cc2)no1)NCc1ccccc1F.I. The van der Waals surface area contributed by atoms with Crippen LogP contribution in [0.25, 0.3) is 11.4 Å². The minimum atomic E-state index is -0.249. The van der Waals surface area contributed by atoms with E-state index in [2.05, 4.69) is 25.8 Å². The number of halogens is 3. The molecular weight excluding hydrogens is 496 g/mol. The zero-order valence-electron chi connectivity index (χ0n) is 15.2. The fourth-order valence-corrected chi connectivity index (χ4v) is 2.53. The lowest BCUT2D eigenvalue weighted by atomic mass is 10.2. The van der Waals surface area contributed by atoms with Gasteiger partial charge >= 0.3 is 0 Å². The van der Waals surface area contributed by atoms with Crippen LogP contribution < -0.4 is 10.6 Å². The lowest BCUT2D eigenvalue weighted by molar-refractivity contribution is 0.378. The molecule has 0 aliphatic carbocycles. The minimum absolute atomic E-state index is 0. The van der Waals surface area contributed by atoms with Gasteiger partial charge in [-0.1, -0.05) is 35.0 Å². The van der Waals surface area contributed by atoms with Crippen LogP contribution in [-0.2, 0) is 13.0 Å². The fraction of sp³-hybridized carbons (Fsp3) is 0.211. The topological polar surface area (TPSA) is 75.3 Å². The second-order valence-electron chi connectivity index (χ2n) is 5.71. The van der Waals surface area contributed by atoms with Crippen LogP contribution in [0.4, 0.5) is 4.39 Å². The van der Waals surface area contributed by atoms with Crippen molar-refractivity contribution in [3.63, 3.8) is 0 Å². The molecule has 3 rings (SSSR count). The molecule has 0 fully saturated rings. The number of benzene rings is 2. The maximum atomic E-state index is 13.6. The Balaban J connectivity index is 0.00000280. The smallest absolute Gasteiger partial charge is 0.228 e. The Morgan fingerprint density at radius 3 is 2.61 bits per heavy atom. The molecule has 28 heavy (non-hydrogen) atoms. The van der Waals surface area contributed by atoms with Crippen LogP contribution in [-0.4, -0.2) is 29.7 Å². The van der Waals surface area contributed by atoms with Crippen LogP contribution in [0.15, 0.2) is 58.0 Å². The third-order valence-electron chi connectivity index (χ3n) is 3.83. The molecule has 0 bridgehead atoms. The summed E-state index contributed by atoms with van der Waals surface area (Å²) in [5, 5.41) is 10.8. The first-order chi connectivity index (χ1) is 13.2. The molecule has 0 aliphatic rings. The van der Waals surface area contributed by atoms with E-state index in [1.807, 2.05) is 12.1 Å². The monoisotopic (exact) mass is 515 g/mol. The van der Waals surface area contributed by atoms with Crippen LogP contribution in [0.3, 0.4) is 0 Å². The van der Waals surface area contributed by atoms with E-state index in [0.29, 0.717) is 47.8 Å². The summed E-state index contributed by atoms with van der Waals surface area (Å²) in [5.74, 6) is 1.34. The van der Waals surface area contributed by atoms with Crippen molar-refractivity contribution in [2.45, 2.75) is 13.0 Å². The van der Waals surface area contributed by atoms with Crippen molar-refractivity contribution in [1.29, 1.82) is 0 Å². The van der Waals surface area contributed by atoms with Gasteiger partial charge in [0.2, 0.25) is 11.7 Å². The van der Waals surface area contributed by atoms with Gasteiger partial charge in [0.1, 0.15) is 5.82 Å². The van der Waals surface area contributed by atoms with Crippen LogP contribution in [0.5, 0.6) is 0 Å². The molecule has 0 saturated heterocycles. The van der Waals surface area contributed by atoms with E-state index in [0.717, 1.165) is 5.56 Å². The van der Waals surface area contributed by atoms with Crippen LogP contribution >= 0.6 is 35.6 Å². The van der Waals surface area contributed by atoms with Gasteiger partial charge in [-0.2, -0.15) is 4.98 Å². The van der Waals surface area contributed by atoms with Gasteiger partial charge in [-0.15, -0.1) is 24.0 Å². The van der Waals surface area contributed by atoms with Crippen LogP contribution in [0.1, 0.15) is 11.5 Å². The molecule has 0 atom stereocenters. The molecule has 9 heteroatoms. The van der Waals surface area contributed by atoms with E-state index in [4.69, 9.17) is 16.1 Å². The summed E-state index contributed by atoms with van der Waals surface area (Å²) in [6, 6.07) is 13.8. The Kier molecular flexibility index (Phi) is 8.65. The summed E-state index contributed by atoms with van der Waals surface area (Å²) in [6.07, 6.45) is 0.529. The average molecular weight is 516 g/mol. The molecule has 0 spiro atoms. The van der Waals surface area contributed by atoms with E-state index in [1.165, 1.54) is 6.07 Å². The molecule has 2 N–H and O–H groups in total. The van der Waals surface area contributed by atoms with Gasteiger partial charge in [-0.25, -0.2) is 4.39 Å². The average Bonchev–Trinajstić information content (AvgIpc) is 3.15. The maximum Gasteiger partial charge on any atom is 0.228 e. The highest BCUT2D eigenvalue weighted by molar-refractivity contribution is 14.0. The molecule has 0 saturated carbocycles. The summed E-state index contributed by atoms with van der Waals surface area (Å²) in [4.78, 5) is 8.49. The van der Waals surface area contributed by atoms with Gasteiger partial charge in [0.25, 0.3) is 0 Å². The van der Waals surface area contributed by atoms with Crippen LogP contribution in [0.2, 0.25) is 5.02 Å². The standard InChI is InChI=1S/C19H19ClFN5O.HI/c1-22-19(24-12-14-4-2-3-5-16(14)21)23-11-10-17-25-18(26-27-17)13-6-8-15(20)9-7-13;/h2-9H,10-12H2,1H3,(H2,22,23,24);1H. The lowest BCUT2D eigenvalue weighted by Crippen LogP contribution is -2.38. The molecule has 0 radical (unpaired) electrons. The first-order valence-electron chi connectivity index (χ1n) is 8.42. The van der Waals surface area contributed by atoms with Gasteiger partial charge in [-0.3, -0.25) is 4.99 Å². The summed E-state index contributed by atoms with van der Waals surface area (Å²) >= 11 is 5.88. The largest absolute Gasteiger partial charge is 0.356 e. The normalized spacial score (nSPS) is 11.0. The highest BCUT2D eigenvalue weighted by Gasteiger charge is 2.09. The minimum Gasteiger partial charge on any atom is -0.356 e. The maximum absolute atomic E-state index is 13.6. The Morgan fingerprint density at radius 1 is 1.14 bits per heavy atom. The Morgan fingerprint density at radius 2 is 1.89 bits per heavy atom. The summed E-state index contributed by atoms with van der Waals surface area (Å²) in [6.45, 7) is 0.882. The van der Waals surface area contributed by atoms with E-state index < -0.39 is 0 Å². The van der Waals surface area contributed by atoms with Crippen molar-refractivity contribution in [1.82, 2.24) is 20.8 Å². The van der Waals surface area contributed by atoms with Crippen molar-refractivity contribution in [3.05, 3.63) is 70.8 Å².